The number of rotatable bonds is 4. The number of hydrogen-bond donors (Lipinski definition) is 2. The van der Waals surface area contributed by atoms with Crippen LogP contribution < -0.4 is 10.6 Å². The van der Waals surface area contributed by atoms with Crippen LogP contribution in [0.25, 0.3) is 0 Å². The summed E-state index contributed by atoms with van der Waals surface area (Å²) in [6.45, 7) is 0.728. The maximum absolute atomic E-state index is 11.2. The molecule has 0 aromatic carbocycles. The lowest BCUT2D eigenvalue weighted by Crippen LogP contribution is -2.37. The Hall–Kier alpha value is -1.20. The molecule has 1 aromatic heterocycles. The Balaban J connectivity index is 1.74. The van der Waals surface area contributed by atoms with E-state index in [9.17, 15) is 9.59 Å². The van der Waals surface area contributed by atoms with Crippen molar-refractivity contribution in [1.82, 2.24) is 10.6 Å². The third-order valence-electron chi connectivity index (χ3n) is 2.31. The van der Waals surface area contributed by atoms with Crippen LogP contribution in [0.3, 0.4) is 0 Å². The lowest BCUT2D eigenvalue weighted by atomic mass is 10.2. The topological polar surface area (TPSA) is 58.2 Å². The summed E-state index contributed by atoms with van der Waals surface area (Å²) in [7, 11) is 0. The van der Waals surface area contributed by atoms with E-state index in [-0.39, 0.29) is 24.3 Å². The Kier molecular flexibility index (Phi) is 3.13. The fourth-order valence-corrected chi connectivity index (χ4v) is 2.25. The van der Waals surface area contributed by atoms with E-state index in [2.05, 4.69) is 16.7 Å². The number of thiophene rings is 1. The van der Waals surface area contributed by atoms with E-state index in [1.165, 1.54) is 4.88 Å². The largest absolute Gasteiger partial charge is 0.305 e. The van der Waals surface area contributed by atoms with Crippen LogP contribution in [0.5, 0.6) is 0 Å². The van der Waals surface area contributed by atoms with Crippen molar-refractivity contribution in [1.29, 1.82) is 0 Å². The van der Waals surface area contributed by atoms with Gasteiger partial charge in [-0.2, -0.15) is 0 Å². The van der Waals surface area contributed by atoms with Gasteiger partial charge in [-0.3, -0.25) is 14.9 Å². The Labute approximate surface area is 91.7 Å². The summed E-state index contributed by atoms with van der Waals surface area (Å²) in [4.78, 5) is 23.4. The molecule has 1 aliphatic rings. The Bertz CT molecular complexity index is 362. The molecule has 0 saturated carbocycles. The summed E-state index contributed by atoms with van der Waals surface area (Å²) in [5.41, 5.74) is 0. The van der Waals surface area contributed by atoms with Gasteiger partial charge in [-0.15, -0.1) is 11.3 Å². The van der Waals surface area contributed by atoms with E-state index in [0.717, 1.165) is 13.0 Å². The molecule has 0 bridgehead atoms. The van der Waals surface area contributed by atoms with Gasteiger partial charge in [0.1, 0.15) is 0 Å². The zero-order valence-corrected chi connectivity index (χ0v) is 8.97. The molecule has 2 rings (SSSR count). The molecule has 0 aliphatic carbocycles. The van der Waals surface area contributed by atoms with Crippen LogP contribution >= 0.6 is 11.3 Å². The molecule has 15 heavy (non-hydrogen) atoms. The third kappa shape index (κ3) is 2.64. The number of hydrogen-bond acceptors (Lipinski definition) is 4. The summed E-state index contributed by atoms with van der Waals surface area (Å²) in [5, 5.41) is 7.38. The first-order valence-electron chi connectivity index (χ1n) is 4.85. The van der Waals surface area contributed by atoms with Crippen LogP contribution in [-0.4, -0.2) is 24.4 Å². The SMILES string of the molecule is O=C1CC(NCCc2cccs2)C(=O)N1. The molecule has 1 aromatic rings. The molecule has 1 saturated heterocycles. The van der Waals surface area contributed by atoms with Crippen molar-refractivity contribution in [3.8, 4) is 0 Å². The summed E-state index contributed by atoms with van der Waals surface area (Å²) < 4.78 is 0. The number of imide groups is 1. The Morgan fingerprint density at radius 3 is 3.00 bits per heavy atom. The molecule has 1 atom stereocenters. The minimum absolute atomic E-state index is 0.186. The minimum Gasteiger partial charge on any atom is -0.305 e. The molecule has 2 N–H and O–H groups in total. The van der Waals surface area contributed by atoms with Gasteiger partial charge in [0, 0.05) is 11.4 Å². The molecule has 0 spiro atoms. The maximum Gasteiger partial charge on any atom is 0.244 e. The average Bonchev–Trinajstić information content (AvgIpc) is 2.77. The van der Waals surface area contributed by atoms with E-state index in [4.69, 9.17) is 0 Å². The van der Waals surface area contributed by atoms with Gasteiger partial charge in [-0.25, -0.2) is 0 Å². The van der Waals surface area contributed by atoms with Crippen LogP contribution in [0.2, 0.25) is 0 Å². The lowest BCUT2D eigenvalue weighted by molar-refractivity contribution is -0.125. The van der Waals surface area contributed by atoms with Crippen LogP contribution in [0, 0.1) is 0 Å². The maximum atomic E-state index is 11.2. The molecule has 2 amide bonds. The van der Waals surface area contributed by atoms with Gasteiger partial charge in [-0.1, -0.05) is 6.07 Å². The van der Waals surface area contributed by atoms with Crippen LogP contribution in [0.15, 0.2) is 17.5 Å². The van der Waals surface area contributed by atoms with E-state index < -0.39 is 0 Å². The van der Waals surface area contributed by atoms with Gasteiger partial charge in [0.05, 0.1) is 12.5 Å². The van der Waals surface area contributed by atoms with Crippen molar-refractivity contribution >= 4 is 23.2 Å². The van der Waals surface area contributed by atoms with Crippen LogP contribution in [-0.2, 0) is 16.0 Å². The predicted molar refractivity (Wildman–Crippen MR) is 57.6 cm³/mol. The van der Waals surface area contributed by atoms with Gasteiger partial charge in [0.15, 0.2) is 0 Å². The van der Waals surface area contributed by atoms with Crippen LogP contribution in [0.4, 0.5) is 0 Å². The van der Waals surface area contributed by atoms with Gasteiger partial charge < -0.3 is 5.32 Å². The zero-order chi connectivity index (χ0) is 10.7. The van der Waals surface area contributed by atoms with Crippen molar-refractivity contribution in [3.63, 3.8) is 0 Å². The minimum atomic E-state index is -0.336. The summed E-state index contributed by atoms with van der Waals surface area (Å²) >= 11 is 1.70. The molecular weight excluding hydrogens is 212 g/mol. The highest BCUT2D eigenvalue weighted by Gasteiger charge is 2.29. The Morgan fingerprint density at radius 1 is 1.53 bits per heavy atom. The molecule has 2 heterocycles. The molecule has 1 aliphatic heterocycles. The summed E-state index contributed by atoms with van der Waals surface area (Å²) in [6.07, 6.45) is 1.17. The van der Waals surface area contributed by atoms with Crippen molar-refractivity contribution in [2.45, 2.75) is 18.9 Å². The van der Waals surface area contributed by atoms with Gasteiger partial charge in [-0.05, 0) is 17.9 Å². The van der Waals surface area contributed by atoms with Crippen molar-refractivity contribution in [3.05, 3.63) is 22.4 Å². The predicted octanol–water partition coefficient (Wildman–Crippen LogP) is 0.295. The zero-order valence-electron chi connectivity index (χ0n) is 8.16. The normalized spacial score (nSPS) is 20.7. The third-order valence-corrected chi connectivity index (χ3v) is 3.25. The van der Waals surface area contributed by atoms with E-state index >= 15 is 0 Å². The monoisotopic (exact) mass is 224 g/mol. The first-order chi connectivity index (χ1) is 7.25. The fourth-order valence-electron chi connectivity index (χ4n) is 1.54. The molecular formula is C10H12N2O2S. The second-order valence-electron chi connectivity index (χ2n) is 3.45. The standard InChI is InChI=1S/C10H12N2O2S/c13-9-6-8(10(14)12-9)11-4-3-7-2-1-5-15-7/h1-2,5,8,11H,3-4,6H2,(H,12,13,14). The second-order valence-corrected chi connectivity index (χ2v) is 4.48. The quantitative estimate of drug-likeness (QED) is 0.723. The second kappa shape index (κ2) is 4.55. The van der Waals surface area contributed by atoms with Crippen LogP contribution in [0.1, 0.15) is 11.3 Å². The summed E-state index contributed by atoms with van der Waals surface area (Å²) in [6, 6.07) is 3.73. The van der Waals surface area contributed by atoms with Crippen molar-refractivity contribution in [2.75, 3.05) is 6.54 Å². The molecule has 5 heteroatoms. The highest BCUT2D eigenvalue weighted by molar-refractivity contribution is 7.09. The van der Waals surface area contributed by atoms with E-state index in [0.29, 0.717) is 0 Å². The van der Waals surface area contributed by atoms with Gasteiger partial charge in [0.2, 0.25) is 11.8 Å². The number of amides is 2. The van der Waals surface area contributed by atoms with Crippen molar-refractivity contribution < 1.29 is 9.59 Å². The highest BCUT2D eigenvalue weighted by Crippen LogP contribution is 2.09. The first kappa shape index (κ1) is 10.3. The average molecular weight is 224 g/mol. The lowest BCUT2D eigenvalue weighted by Gasteiger charge is -2.07. The fraction of sp³-hybridized carbons (Fsp3) is 0.400. The summed E-state index contributed by atoms with van der Waals surface area (Å²) in [5.74, 6) is -0.389. The number of nitrogens with one attached hydrogen (secondary N) is 2. The van der Waals surface area contributed by atoms with E-state index in [1.807, 2.05) is 11.4 Å². The molecule has 1 fully saturated rings. The molecule has 80 valence electrons. The molecule has 0 radical (unpaired) electrons. The highest BCUT2D eigenvalue weighted by atomic mass is 32.1. The van der Waals surface area contributed by atoms with Gasteiger partial charge in [0.25, 0.3) is 0 Å². The molecule has 4 nitrogen and oxygen atoms in total. The van der Waals surface area contributed by atoms with Crippen molar-refractivity contribution in [2.24, 2.45) is 0 Å². The number of carbonyl (C=O) groups excluding carboxylic acids is 2. The van der Waals surface area contributed by atoms with Gasteiger partial charge >= 0.3 is 0 Å². The van der Waals surface area contributed by atoms with E-state index in [1.54, 1.807) is 11.3 Å². The molecule has 1 unspecified atom stereocenters. The smallest absolute Gasteiger partial charge is 0.244 e. The first-order valence-corrected chi connectivity index (χ1v) is 5.73. The number of carbonyl (C=O) groups is 2. The Morgan fingerprint density at radius 2 is 2.40 bits per heavy atom.